The summed E-state index contributed by atoms with van der Waals surface area (Å²) in [6.45, 7) is 8.02. The van der Waals surface area contributed by atoms with Crippen molar-refractivity contribution >= 4 is 21.6 Å². The van der Waals surface area contributed by atoms with E-state index in [1.165, 1.54) is 25.6 Å². The molecule has 2 aromatic carbocycles. The summed E-state index contributed by atoms with van der Waals surface area (Å²) < 4.78 is 26.5. The lowest BCUT2D eigenvalue weighted by Gasteiger charge is -2.33. The van der Waals surface area contributed by atoms with Crippen LogP contribution in [0.4, 0.5) is 5.69 Å². The molecular formula is C24H33N3O3S. The Kier molecular flexibility index (Phi) is 7.38. The lowest BCUT2D eigenvalue weighted by molar-refractivity contribution is -0.121. The maximum atomic E-state index is 12.7. The summed E-state index contributed by atoms with van der Waals surface area (Å²) in [5, 5.41) is 2.91. The van der Waals surface area contributed by atoms with E-state index in [4.69, 9.17) is 0 Å². The van der Waals surface area contributed by atoms with Gasteiger partial charge >= 0.3 is 0 Å². The second kappa shape index (κ2) is 9.83. The zero-order valence-electron chi connectivity index (χ0n) is 18.8. The molecule has 1 saturated heterocycles. The number of nitrogens with zero attached hydrogens (tertiary/aromatic N) is 2. The van der Waals surface area contributed by atoms with E-state index >= 15 is 0 Å². The first kappa shape index (κ1) is 23.3. The molecule has 2 atom stereocenters. The topological polar surface area (TPSA) is 69.7 Å². The Morgan fingerprint density at radius 2 is 1.81 bits per heavy atom. The number of sulfonamides is 1. The smallest absolute Gasteiger partial charge is 0.243 e. The highest BCUT2D eigenvalue weighted by Gasteiger charge is 2.23. The summed E-state index contributed by atoms with van der Waals surface area (Å²) in [6, 6.07) is 14.7. The SMILES string of the molecule is Cc1ccc(S(=O)(=O)N(C)CC(=O)N[C@@H](C)c2ccc(N3CCC[C@@H](C)C3)cc2)cc1. The zero-order chi connectivity index (χ0) is 22.6. The number of rotatable bonds is 7. The largest absolute Gasteiger partial charge is 0.371 e. The van der Waals surface area contributed by atoms with E-state index in [0.29, 0.717) is 5.92 Å². The Hall–Kier alpha value is -2.38. The summed E-state index contributed by atoms with van der Waals surface area (Å²) in [4.78, 5) is 15.1. The summed E-state index contributed by atoms with van der Waals surface area (Å²) in [7, 11) is -2.28. The maximum Gasteiger partial charge on any atom is 0.243 e. The van der Waals surface area contributed by atoms with Crippen molar-refractivity contribution in [2.24, 2.45) is 5.92 Å². The van der Waals surface area contributed by atoms with Gasteiger partial charge in [-0.2, -0.15) is 4.31 Å². The molecule has 1 amide bonds. The van der Waals surface area contributed by atoms with Crippen molar-refractivity contribution in [1.29, 1.82) is 0 Å². The minimum atomic E-state index is -3.71. The highest BCUT2D eigenvalue weighted by atomic mass is 32.2. The summed E-state index contributed by atoms with van der Waals surface area (Å²) in [5.74, 6) is 0.374. The van der Waals surface area contributed by atoms with Gasteiger partial charge in [-0.1, -0.05) is 36.8 Å². The van der Waals surface area contributed by atoms with E-state index in [9.17, 15) is 13.2 Å². The van der Waals surface area contributed by atoms with Gasteiger partial charge in [-0.25, -0.2) is 8.42 Å². The Balaban J connectivity index is 1.58. The summed E-state index contributed by atoms with van der Waals surface area (Å²) in [5.41, 5.74) is 3.18. The fraction of sp³-hybridized carbons (Fsp3) is 0.458. The first-order chi connectivity index (χ1) is 14.7. The van der Waals surface area contributed by atoms with Crippen LogP contribution in [-0.4, -0.2) is 45.3 Å². The minimum Gasteiger partial charge on any atom is -0.371 e. The molecule has 0 bridgehead atoms. The number of carbonyl (C=O) groups is 1. The predicted molar refractivity (Wildman–Crippen MR) is 125 cm³/mol. The molecule has 31 heavy (non-hydrogen) atoms. The average Bonchev–Trinajstić information content (AvgIpc) is 2.74. The van der Waals surface area contributed by atoms with Crippen LogP contribution in [-0.2, 0) is 14.8 Å². The molecule has 0 aliphatic carbocycles. The van der Waals surface area contributed by atoms with Crippen molar-refractivity contribution < 1.29 is 13.2 Å². The van der Waals surface area contributed by atoms with Crippen LogP contribution in [0, 0.1) is 12.8 Å². The molecule has 0 spiro atoms. The average molecular weight is 444 g/mol. The van der Waals surface area contributed by atoms with Gasteiger partial charge in [0, 0.05) is 25.8 Å². The van der Waals surface area contributed by atoms with Gasteiger partial charge in [0.15, 0.2) is 0 Å². The van der Waals surface area contributed by atoms with Gasteiger partial charge in [0.2, 0.25) is 15.9 Å². The van der Waals surface area contributed by atoms with Crippen LogP contribution >= 0.6 is 0 Å². The van der Waals surface area contributed by atoms with Crippen LogP contribution in [0.15, 0.2) is 53.4 Å². The molecule has 1 aliphatic rings. The van der Waals surface area contributed by atoms with E-state index in [1.54, 1.807) is 24.3 Å². The van der Waals surface area contributed by atoms with Crippen LogP contribution in [0.25, 0.3) is 0 Å². The van der Waals surface area contributed by atoms with Crippen LogP contribution in [0.3, 0.4) is 0 Å². The van der Waals surface area contributed by atoms with Gasteiger partial charge in [0.1, 0.15) is 0 Å². The van der Waals surface area contributed by atoms with E-state index in [1.807, 2.05) is 26.0 Å². The van der Waals surface area contributed by atoms with Gasteiger partial charge in [-0.15, -0.1) is 0 Å². The second-order valence-corrected chi connectivity index (χ2v) is 10.7. The second-order valence-electron chi connectivity index (χ2n) is 8.65. The molecule has 2 aromatic rings. The molecule has 0 aromatic heterocycles. The van der Waals surface area contributed by atoms with E-state index in [2.05, 4.69) is 29.3 Å². The van der Waals surface area contributed by atoms with Gasteiger partial charge in [-0.3, -0.25) is 4.79 Å². The number of aryl methyl sites for hydroxylation is 1. The van der Waals surface area contributed by atoms with Crippen LogP contribution < -0.4 is 10.2 Å². The number of piperidine rings is 1. The molecule has 1 fully saturated rings. The summed E-state index contributed by atoms with van der Waals surface area (Å²) >= 11 is 0. The van der Waals surface area contributed by atoms with Crippen molar-refractivity contribution in [3.05, 3.63) is 59.7 Å². The number of nitrogens with one attached hydrogen (secondary N) is 1. The highest BCUT2D eigenvalue weighted by Crippen LogP contribution is 2.24. The Morgan fingerprint density at radius 3 is 2.42 bits per heavy atom. The molecule has 7 heteroatoms. The molecule has 0 saturated carbocycles. The third kappa shape index (κ3) is 5.86. The molecule has 1 heterocycles. The lowest BCUT2D eigenvalue weighted by Crippen LogP contribution is -2.39. The van der Waals surface area contributed by atoms with Crippen LogP contribution in [0.5, 0.6) is 0 Å². The lowest BCUT2D eigenvalue weighted by atomic mass is 9.99. The quantitative estimate of drug-likeness (QED) is 0.708. The van der Waals surface area contributed by atoms with Gasteiger partial charge in [-0.05, 0) is 62.4 Å². The summed E-state index contributed by atoms with van der Waals surface area (Å²) in [6.07, 6.45) is 2.50. The predicted octanol–water partition coefficient (Wildman–Crippen LogP) is 3.73. The Morgan fingerprint density at radius 1 is 1.16 bits per heavy atom. The van der Waals surface area contributed by atoms with E-state index in [-0.39, 0.29) is 23.4 Å². The molecule has 3 rings (SSSR count). The number of anilines is 1. The first-order valence-electron chi connectivity index (χ1n) is 10.8. The molecule has 6 nitrogen and oxygen atoms in total. The highest BCUT2D eigenvalue weighted by molar-refractivity contribution is 7.89. The van der Waals surface area contributed by atoms with Crippen molar-refractivity contribution in [2.75, 3.05) is 31.6 Å². The fourth-order valence-corrected chi connectivity index (χ4v) is 5.07. The Bertz CT molecular complexity index is 988. The van der Waals surface area contributed by atoms with Crippen molar-refractivity contribution in [3.8, 4) is 0 Å². The third-order valence-electron chi connectivity index (χ3n) is 5.89. The molecule has 1 N–H and O–H groups in total. The standard InChI is InChI=1S/C24H33N3O3S/c1-18-7-13-23(14-8-18)31(29,30)26(4)17-24(28)25-20(3)21-9-11-22(12-10-21)27-15-5-6-19(2)16-27/h7-14,19-20H,5-6,15-17H2,1-4H3,(H,25,28)/t19-,20+/m1/s1. The number of hydrogen-bond acceptors (Lipinski definition) is 4. The normalized spacial score (nSPS) is 18.1. The molecule has 168 valence electrons. The number of carbonyl (C=O) groups excluding carboxylic acids is 1. The maximum absolute atomic E-state index is 12.7. The molecular weight excluding hydrogens is 410 g/mol. The fourth-order valence-electron chi connectivity index (χ4n) is 3.95. The van der Waals surface area contributed by atoms with Crippen LogP contribution in [0.2, 0.25) is 0 Å². The van der Waals surface area contributed by atoms with E-state index in [0.717, 1.165) is 28.5 Å². The number of amides is 1. The Labute approximate surface area is 186 Å². The van der Waals surface area contributed by atoms with Crippen molar-refractivity contribution in [1.82, 2.24) is 9.62 Å². The number of hydrogen-bond donors (Lipinski definition) is 1. The first-order valence-corrected chi connectivity index (χ1v) is 12.3. The van der Waals surface area contributed by atoms with Gasteiger partial charge < -0.3 is 10.2 Å². The zero-order valence-corrected chi connectivity index (χ0v) is 19.7. The monoisotopic (exact) mass is 443 g/mol. The van der Waals surface area contributed by atoms with Gasteiger partial charge in [0.25, 0.3) is 0 Å². The van der Waals surface area contributed by atoms with Crippen molar-refractivity contribution in [2.45, 2.75) is 44.6 Å². The van der Waals surface area contributed by atoms with Crippen LogP contribution in [0.1, 0.15) is 43.9 Å². The third-order valence-corrected chi connectivity index (χ3v) is 7.71. The number of benzene rings is 2. The molecule has 0 unspecified atom stereocenters. The van der Waals surface area contributed by atoms with Gasteiger partial charge in [0.05, 0.1) is 17.5 Å². The minimum absolute atomic E-state index is 0.184. The molecule has 0 radical (unpaired) electrons. The van der Waals surface area contributed by atoms with E-state index < -0.39 is 10.0 Å². The molecule has 1 aliphatic heterocycles. The number of likely N-dealkylation sites (N-methyl/N-ethyl adjacent to an activating group) is 1. The van der Waals surface area contributed by atoms with Crippen molar-refractivity contribution in [3.63, 3.8) is 0 Å².